The van der Waals surface area contributed by atoms with Gasteiger partial charge in [0.2, 0.25) is 11.8 Å². The molecule has 5 rings (SSSR count). The number of aromatic nitrogens is 2. The van der Waals surface area contributed by atoms with E-state index in [2.05, 4.69) is 56.8 Å². The summed E-state index contributed by atoms with van der Waals surface area (Å²) in [5.74, 6) is 2.30. The summed E-state index contributed by atoms with van der Waals surface area (Å²) in [7, 11) is 0. The molecular weight excluding hydrogens is 424 g/mol. The molecule has 178 valence electrons. The van der Waals surface area contributed by atoms with Crippen molar-refractivity contribution in [2.24, 2.45) is 5.92 Å². The van der Waals surface area contributed by atoms with Crippen LogP contribution in [0, 0.1) is 5.92 Å². The number of hydrogen-bond donors (Lipinski definition) is 1. The van der Waals surface area contributed by atoms with Crippen LogP contribution in [-0.4, -0.2) is 40.6 Å². The Morgan fingerprint density at radius 2 is 1.71 bits per heavy atom. The van der Waals surface area contributed by atoms with E-state index < -0.39 is 0 Å². The minimum atomic E-state index is 0.0727. The van der Waals surface area contributed by atoms with Crippen molar-refractivity contribution in [2.45, 2.75) is 56.9 Å². The van der Waals surface area contributed by atoms with Gasteiger partial charge in [0.05, 0.1) is 6.04 Å². The van der Waals surface area contributed by atoms with Gasteiger partial charge in [-0.15, -0.1) is 0 Å². The van der Waals surface area contributed by atoms with Gasteiger partial charge in [-0.25, -0.2) is 0 Å². The lowest BCUT2D eigenvalue weighted by Crippen LogP contribution is -2.39. The lowest BCUT2D eigenvalue weighted by Gasteiger charge is -2.32. The molecule has 2 aromatic carbocycles. The van der Waals surface area contributed by atoms with Crippen LogP contribution < -0.4 is 5.32 Å². The number of carbonyl (C=O) groups excluding carboxylic acids is 1. The Bertz CT molecular complexity index is 1040. The zero-order chi connectivity index (χ0) is 23.2. The van der Waals surface area contributed by atoms with Crippen molar-refractivity contribution in [3.05, 3.63) is 83.5 Å². The first kappa shape index (κ1) is 22.8. The molecule has 0 radical (unpaired) electrons. The van der Waals surface area contributed by atoms with Crippen molar-refractivity contribution in [2.75, 3.05) is 19.6 Å². The number of amides is 1. The van der Waals surface area contributed by atoms with E-state index in [1.807, 2.05) is 24.3 Å². The highest BCUT2D eigenvalue weighted by atomic mass is 16.5. The van der Waals surface area contributed by atoms with Crippen LogP contribution in [0.5, 0.6) is 0 Å². The number of hydrogen-bond acceptors (Lipinski definition) is 5. The van der Waals surface area contributed by atoms with E-state index in [4.69, 9.17) is 4.52 Å². The molecule has 1 amide bonds. The number of piperidine rings is 1. The summed E-state index contributed by atoms with van der Waals surface area (Å²) in [5.41, 5.74) is 2.39. The Balaban J connectivity index is 1.12. The number of nitrogens with zero attached hydrogens (tertiary/aromatic N) is 3. The summed E-state index contributed by atoms with van der Waals surface area (Å²) in [5, 5.41) is 7.55. The summed E-state index contributed by atoms with van der Waals surface area (Å²) < 4.78 is 5.62. The zero-order valence-electron chi connectivity index (χ0n) is 19.7. The maximum absolute atomic E-state index is 12.6. The van der Waals surface area contributed by atoms with Crippen LogP contribution in [0.4, 0.5) is 0 Å². The smallest absolute Gasteiger partial charge is 0.229 e. The van der Waals surface area contributed by atoms with Gasteiger partial charge in [-0.2, -0.15) is 4.98 Å². The Morgan fingerprint density at radius 3 is 2.38 bits per heavy atom. The molecule has 6 heteroatoms. The highest BCUT2D eigenvalue weighted by molar-refractivity contribution is 5.79. The predicted molar refractivity (Wildman–Crippen MR) is 131 cm³/mol. The second-order valence-electron chi connectivity index (χ2n) is 9.72. The molecule has 2 fully saturated rings. The summed E-state index contributed by atoms with van der Waals surface area (Å²) in [6.45, 7) is 3.00. The van der Waals surface area contributed by atoms with Crippen LogP contribution >= 0.6 is 0 Å². The first-order chi connectivity index (χ1) is 16.7. The van der Waals surface area contributed by atoms with Crippen molar-refractivity contribution in [1.29, 1.82) is 0 Å². The fourth-order valence-corrected chi connectivity index (χ4v) is 4.97. The van der Waals surface area contributed by atoms with Crippen LogP contribution in [0.1, 0.15) is 73.3 Å². The van der Waals surface area contributed by atoms with Gasteiger partial charge >= 0.3 is 0 Å². The van der Waals surface area contributed by atoms with Gasteiger partial charge in [0.15, 0.2) is 5.82 Å². The third-order valence-electron chi connectivity index (χ3n) is 7.35. The number of likely N-dealkylation sites (tertiary alicyclic amines) is 1. The standard InChI is InChI=1S/C28H34N4O2/c33-27(23-12-7-13-23)29-25(22-10-5-2-6-11-22)16-19-32-17-14-24(15-18-32)28-30-26(31-34-28)20-21-8-3-1-4-9-21/h1-6,8-11,23-25H,7,12-20H2,(H,29,33). The van der Waals surface area contributed by atoms with Gasteiger partial charge < -0.3 is 14.7 Å². The summed E-state index contributed by atoms with van der Waals surface area (Å²) >= 11 is 0. The quantitative estimate of drug-likeness (QED) is 0.494. The van der Waals surface area contributed by atoms with E-state index in [0.717, 1.165) is 63.5 Å². The van der Waals surface area contributed by atoms with Crippen LogP contribution in [0.3, 0.4) is 0 Å². The number of benzene rings is 2. The lowest BCUT2D eigenvalue weighted by atomic mass is 9.84. The van der Waals surface area contributed by atoms with E-state index in [0.29, 0.717) is 12.3 Å². The third-order valence-corrected chi connectivity index (χ3v) is 7.35. The maximum Gasteiger partial charge on any atom is 0.229 e. The van der Waals surface area contributed by atoms with E-state index in [-0.39, 0.29) is 17.9 Å². The summed E-state index contributed by atoms with van der Waals surface area (Å²) in [4.78, 5) is 19.8. The molecule has 1 N–H and O–H groups in total. The van der Waals surface area contributed by atoms with Crippen LogP contribution in [0.25, 0.3) is 0 Å². The molecule has 2 heterocycles. The van der Waals surface area contributed by atoms with E-state index in [9.17, 15) is 4.79 Å². The number of rotatable bonds is 9. The highest BCUT2D eigenvalue weighted by Crippen LogP contribution is 2.30. The van der Waals surface area contributed by atoms with Crippen molar-refractivity contribution >= 4 is 5.91 Å². The molecule has 1 aliphatic heterocycles. The molecule has 1 saturated heterocycles. The van der Waals surface area contributed by atoms with Crippen LogP contribution in [0.15, 0.2) is 65.2 Å². The average molecular weight is 459 g/mol. The molecule has 6 nitrogen and oxygen atoms in total. The Labute approximate surface area is 201 Å². The molecule has 1 saturated carbocycles. The Kier molecular flexibility index (Phi) is 7.34. The molecular formula is C28H34N4O2. The van der Waals surface area contributed by atoms with Gasteiger partial charge in [0, 0.05) is 24.8 Å². The monoisotopic (exact) mass is 458 g/mol. The Hall–Kier alpha value is -2.99. The number of carbonyl (C=O) groups is 1. The minimum Gasteiger partial charge on any atom is -0.349 e. The molecule has 0 bridgehead atoms. The lowest BCUT2D eigenvalue weighted by molar-refractivity contribution is -0.128. The van der Waals surface area contributed by atoms with Gasteiger partial charge in [0.1, 0.15) is 0 Å². The van der Waals surface area contributed by atoms with Crippen molar-refractivity contribution in [3.8, 4) is 0 Å². The van der Waals surface area contributed by atoms with Gasteiger partial charge in [-0.3, -0.25) is 4.79 Å². The molecule has 0 spiro atoms. The van der Waals surface area contributed by atoms with E-state index in [1.54, 1.807) is 0 Å². The fourth-order valence-electron chi connectivity index (χ4n) is 4.97. The van der Waals surface area contributed by atoms with Gasteiger partial charge in [-0.05, 0) is 56.3 Å². The number of nitrogens with one attached hydrogen (secondary N) is 1. The normalized spacial score (nSPS) is 18.4. The minimum absolute atomic E-state index is 0.0727. The third kappa shape index (κ3) is 5.73. The van der Waals surface area contributed by atoms with Crippen LogP contribution in [0.2, 0.25) is 0 Å². The maximum atomic E-state index is 12.6. The van der Waals surface area contributed by atoms with Crippen molar-refractivity contribution in [1.82, 2.24) is 20.4 Å². The van der Waals surface area contributed by atoms with Crippen molar-refractivity contribution in [3.63, 3.8) is 0 Å². The summed E-state index contributed by atoms with van der Waals surface area (Å²) in [6.07, 6.45) is 6.92. The average Bonchev–Trinajstić information content (AvgIpc) is 3.30. The molecule has 3 aromatic rings. The largest absolute Gasteiger partial charge is 0.349 e. The molecule has 2 aliphatic rings. The van der Waals surface area contributed by atoms with E-state index >= 15 is 0 Å². The van der Waals surface area contributed by atoms with E-state index in [1.165, 1.54) is 17.5 Å². The molecule has 1 atom stereocenters. The second-order valence-corrected chi connectivity index (χ2v) is 9.72. The first-order valence-electron chi connectivity index (χ1n) is 12.7. The van der Waals surface area contributed by atoms with Crippen LogP contribution in [-0.2, 0) is 11.2 Å². The van der Waals surface area contributed by atoms with Gasteiger partial charge in [-0.1, -0.05) is 72.2 Å². The Morgan fingerprint density at radius 1 is 1.00 bits per heavy atom. The SMILES string of the molecule is O=C(NC(CCN1CCC(c2nc(Cc3ccccc3)no2)CC1)c1ccccc1)C1CCC1. The molecule has 1 aliphatic carbocycles. The fraction of sp³-hybridized carbons (Fsp3) is 0.464. The van der Waals surface area contributed by atoms with Crippen molar-refractivity contribution < 1.29 is 9.32 Å². The summed E-state index contributed by atoms with van der Waals surface area (Å²) in [6, 6.07) is 20.7. The first-order valence-corrected chi connectivity index (χ1v) is 12.7. The molecule has 34 heavy (non-hydrogen) atoms. The highest BCUT2D eigenvalue weighted by Gasteiger charge is 2.29. The predicted octanol–water partition coefficient (Wildman–Crippen LogP) is 4.89. The van der Waals surface area contributed by atoms with Gasteiger partial charge in [0.25, 0.3) is 0 Å². The topological polar surface area (TPSA) is 71.3 Å². The molecule has 1 aromatic heterocycles. The molecule has 1 unspecified atom stereocenters. The zero-order valence-corrected chi connectivity index (χ0v) is 19.7. The second kappa shape index (κ2) is 11.0.